The number of rotatable bonds is 6. The number of anilines is 1. The van der Waals surface area contributed by atoms with Gasteiger partial charge in [-0.25, -0.2) is 13.4 Å². The van der Waals surface area contributed by atoms with E-state index in [-0.39, 0.29) is 27.2 Å². The fourth-order valence-corrected chi connectivity index (χ4v) is 4.74. The second-order valence-electron chi connectivity index (χ2n) is 3.99. The van der Waals surface area contributed by atoms with Gasteiger partial charge >= 0.3 is 5.97 Å². The van der Waals surface area contributed by atoms with Crippen molar-refractivity contribution in [2.24, 2.45) is 0 Å². The van der Waals surface area contributed by atoms with Gasteiger partial charge in [-0.1, -0.05) is 0 Å². The first-order valence-corrected chi connectivity index (χ1v) is 8.75. The topological polar surface area (TPSA) is 113 Å². The number of nitrogens with one attached hydrogen (secondary N) is 1. The van der Waals surface area contributed by atoms with Crippen LogP contribution in [-0.2, 0) is 21.2 Å². The number of thiophene rings is 1. The molecule has 2 aromatic rings. The monoisotopic (exact) mass is 346 g/mol. The third-order valence-corrected chi connectivity index (χ3v) is 6.12. The lowest BCUT2D eigenvalue weighted by atomic mass is 10.3. The number of carbonyl (C=O) groups is 2. The number of hydrogen-bond acceptors (Lipinski definition) is 7. The largest absolute Gasteiger partial charge is 0.481 e. The molecule has 0 radical (unpaired) electrons. The summed E-state index contributed by atoms with van der Waals surface area (Å²) in [5.41, 5.74) is 0.190. The van der Waals surface area contributed by atoms with Gasteiger partial charge in [0.25, 0.3) is 10.0 Å². The molecule has 0 bridgehead atoms. The summed E-state index contributed by atoms with van der Waals surface area (Å²) < 4.78 is 26.5. The second kappa shape index (κ2) is 5.92. The zero-order valence-corrected chi connectivity index (χ0v) is 13.1. The van der Waals surface area contributed by atoms with E-state index in [1.807, 2.05) is 0 Å². The molecule has 2 aromatic heterocycles. The Balaban J connectivity index is 2.19. The molecule has 0 unspecified atom stereocenters. The predicted octanol–water partition coefficient (Wildman–Crippen LogP) is 1.84. The summed E-state index contributed by atoms with van der Waals surface area (Å²) >= 11 is 1.88. The highest BCUT2D eigenvalue weighted by atomic mass is 32.2. The summed E-state index contributed by atoms with van der Waals surface area (Å²) in [6, 6.07) is 2.79. The van der Waals surface area contributed by atoms with Crippen LogP contribution in [0.5, 0.6) is 0 Å². The zero-order valence-electron chi connectivity index (χ0n) is 10.7. The maximum Gasteiger partial charge on any atom is 0.308 e. The van der Waals surface area contributed by atoms with E-state index in [0.29, 0.717) is 4.88 Å². The average molecular weight is 346 g/mol. The van der Waals surface area contributed by atoms with Crippen LogP contribution in [0.4, 0.5) is 5.13 Å². The molecule has 0 aromatic carbocycles. The maximum absolute atomic E-state index is 12.1. The number of thiazole rings is 1. The van der Waals surface area contributed by atoms with Crippen molar-refractivity contribution >= 4 is 49.6 Å². The Morgan fingerprint density at radius 1 is 1.38 bits per heavy atom. The highest BCUT2D eigenvalue weighted by Crippen LogP contribution is 2.26. The van der Waals surface area contributed by atoms with Crippen molar-refractivity contribution in [2.45, 2.75) is 17.6 Å². The van der Waals surface area contributed by atoms with E-state index in [2.05, 4.69) is 9.71 Å². The van der Waals surface area contributed by atoms with E-state index in [9.17, 15) is 18.0 Å². The number of sulfonamides is 1. The fourth-order valence-electron chi connectivity index (χ4n) is 1.39. The third kappa shape index (κ3) is 3.86. The summed E-state index contributed by atoms with van der Waals surface area (Å²) in [7, 11) is -3.83. The predicted molar refractivity (Wildman–Crippen MR) is 78.6 cm³/mol. The van der Waals surface area contributed by atoms with Gasteiger partial charge in [-0.15, -0.1) is 22.7 Å². The van der Waals surface area contributed by atoms with Crippen molar-refractivity contribution in [3.05, 3.63) is 28.1 Å². The Labute approximate surface area is 128 Å². The van der Waals surface area contributed by atoms with Gasteiger partial charge in [0, 0.05) is 17.2 Å². The van der Waals surface area contributed by atoms with E-state index < -0.39 is 16.0 Å². The molecule has 0 saturated heterocycles. The molecule has 2 heterocycles. The van der Waals surface area contributed by atoms with E-state index in [0.717, 1.165) is 22.7 Å². The third-order valence-electron chi connectivity index (χ3n) is 2.31. The normalized spacial score (nSPS) is 11.3. The lowest BCUT2D eigenvalue weighted by Crippen LogP contribution is -2.11. The Hall–Kier alpha value is -1.78. The molecule has 0 atom stereocenters. The van der Waals surface area contributed by atoms with Crippen LogP contribution in [0.15, 0.2) is 21.7 Å². The number of Topliss-reactive ketones (excluding diaryl/α,β-unsaturated/α-hetero) is 1. The molecule has 10 heteroatoms. The van der Waals surface area contributed by atoms with Crippen LogP contribution in [0.1, 0.15) is 22.3 Å². The number of aromatic nitrogens is 1. The highest BCUT2D eigenvalue weighted by molar-refractivity contribution is 7.94. The minimum absolute atomic E-state index is 0.00155. The molecule has 7 nitrogen and oxygen atoms in total. The molecular formula is C11H10N2O5S3. The molecule has 2 N–H and O–H groups in total. The second-order valence-corrected chi connectivity index (χ2v) is 7.93. The molecule has 0 aliphatic rings. The molecule has 0 amide bonds. The molecule has 2 rings (SSSR count). The first-order valence-electron chi connectivity index (χ1n) is 5.58. The van der Waals surface area contributed by atoms with Crippen LogP contribution in [0, 0.1) is 0 Å². The summed E-state index contributed by atoms with van der Waals surface area (Å²) in [6.45, 7) is 1.34. The van der Waals surface area contributed by atoms with Crippen LogP contribution < -0.4 is 4.72 Å². The Kier molecular flexibility index (Phi) is 4.40. The van der Waals surface area contributed by atoms with Crippen LogP contribution in [0.2, 0.25) is 0 Å². The number of hydrogen-bond donors (Lipinski definition) is 2. The van der Waals surface area contributed by atoms with Crippen molar-refractivity contribution in [3.63, 3.8) is 0 Å². The average Bonchev–Trinajstić information content (AvgIpc) is 2.97. The van der Waals surface area contributed by atoms with E-state index >= 15 is 0 Å². The number of carboxylic acid groups (broad SMARTS) is 1. The van der Waals surface area contributed by atoms with Crippen LogP contribution in [0.25, 0.3) is 0 Å². The van der Waals surface area contributed by atoms with Crippen LogP contribution in [0.3, 0.4) is 0 Å². The lowest BCUT2D eigenvalue weighted by Gasteiger charge is -2.01. The molecule has 21 heavy (non-hydrogen) atoms. The number of nitrogens with zero attached hydrogens (tertiary/aromatic N) is 1. The minimum Gasteiger partial charge on any atom is -0.481 e. The van der Waals surface area contributed by atoms with Gasteiger partial charge in [-0.05, 0) is 12.1 Å². The summed E-state index contributed by atoms with van der Waals surface area (Å²) in [6.07, 6.45) is -0.230. The van der Waals surface area contributed by atoms with Gasteiger partial charge in [0.15, 0.2) is 10.9 Å². The molecule has 0 spiro atoms. The standard InChI is InChI=1S/C11H10N2O5S3/c1-6(14)8-5-19-11(12-8)13-21(17,18)10-3-2-7(20-10)4-9(15)16/h2-3,5H,4H2,1H3,(H,12,13)(H,15,16). The Morgan fingerprint density at radius 3 is 2.67 bits per heavy atom. The van der Waals surface area contributed by atoms with Crippen LogP contribution in [-0.4, -0.2) is 30.3 Å². The van der Waals surface area contributed by atoms with Crippen molar-refractivity contribution in [1.82, 2.24) is 4.98 Å². The molecule has 0 aliphatic heterocycles. The lowest BCUT2D eigenvalue weighted by molar-refractivity contribution is -0.136. The number of ketones is 1. The van der Waals surface area contributed by atoms with Gasteiger partial charge in [-0.3, -0.25) is 14.3 Å². The van der Waals surface area contributed by atoms with E-state index in [1.54, 1.807) is 0 Å². The summed E-state index contributed by atoms with van der Waals surface area (Å²) in [5, 5.41) is 10.2. The minimum atomic E-state index is -3.83. The van der Waals surface area contributed by atoms with Gasteiger partial charge in [0.2, 0.25) is 0 Å². The molecule has 112 valence electrons. The van der Waals surface area contributed by atoms with Gasteiger partial charge < -0.3 is 5.11 Å². The van der Waals surface area contributed by atoms with E-state index in [1.165, 1.54) is 24.4 Å². The fraction of sp³-hybridized carbons (Fsp3) is 0.182. The first kappa shape index (κ1) is 15.6. The number of aliphatic carboxylic acids is 1. The molecule has 0 fully saturated rings. The smallest absolute Gasteiger partial charge is 0.308 e. The van der Waals surface area contributed by atoms with E-state index in [4.69, 9.17) is 5.11 Å². The zero-order chi connectivity index (χ0) is 15.6. The summed E-state index contributed by atoms with van der Waals surface area (Å²) in [5.74, 6) is -1.28. The maximum atomic E-state index is 12.1. The highest BCUT2D eigenvalue weighted by Gasteiger charge is 2.19. The van der Waals surface area contributed by atoms with Crippen molar-refractivity contribution < 1.29 is 23.1 Å². The number of carboxylic acids is 1. The Morgan fingerprint density at radius 2 is 2.10 bits per heavy atom. The first-order chi connectivity index (χ1) is 9.78. The molecular weight excluding hydrogens is 336 g/mol. The van der Waals surface area contributed by atoms with Gasteiger partial charge in [-0.2, -0.15) is 0 Å². The quantitative estimate of drug-likeness (QED) is 0.772. The van der Waals surface area contributed by atoms with Gasteiger partial charge in [0.05, 0.1) is 6.42 Å². The molecule has 0 saturated carbocycles. The van der Waals surface area contributed by atoms with Crippen molar-refractivity contribution in [3.8, 4) is 0 Å². The molecule has 0 aliphatic carbocycles. The van der Waals surface area contributed by atoms with Crippen LogP contribution >= 0.6 is 22.7 Å². The van der Waals surface area contributed by atoms with Crippen molar-refractivity contribution in [2.75, 3.05) is 4.72 Å². The van der Waals surface area contributed by atoms with Crippen molar-refractivity contribution in [1.29, 1.82) is 0 Å². The Bertz CT molecular complexity index is 790. The summed E-state index contributed by atoms with van der Waals surface area (Å²) in [4.78, 5) is 26.0. The number of carbonyl (C=O) groups excluding carboxylic acids is 1. The SMILES string of the molecule is CC(=O)c1csc(NS(=O)(=O)c2ccc(CC(=O)O)s2)n1. The van der Waals surface area contributed by atoms with Gasteiger partial charge in [0.1, 0.15) is 9.90 Å².